The molecule has 20 heavy (non-hydrogen) atoms. The van der Waals surface area contributed by atoms with Gasteiger partial charge in [0.05, 0.1) is 25.2 Å². The van der Waals surface area contributed by atoms with Crippen molar-refractivity contribution in [3.8, 4) is 0 Å². The van der Waals surface area contributed by atoms with Gasteiger partial charge in [-0.3, -0.25) is 9.59 Å². The number of carboxylic acids is 1. The van der Waals surface area contributed by atoms with Crippen molar-refractivity contribution >= 4 is 22.0 Å². The number of carbonyl (C=O) groups is 2. The van der Waals surface area contributed by atoms with E-state index in [2.05, 4.69) is 9.46 Å². The Morgan fingerprint density at radius 2 is 1.90 bits per heavy atom. The lowest BCUT2D eigenvalue weighted by atomic mass is 9.96. The van der Waals surface area contributed by atoms with Crippen LogP contribution in [0.25, 0.3) is 0 Å². The predicted octanol–water partition coefficient (Wildman–Crippen LogP) is 0.502. The number of rotatable bonds is 6. The molecular weight excluding hydrogens is 286 g/mol. The summed E-state index contributed by atoms with van der Waals surface area (Å²) < 4.78 is 30.6. The monoisotopic (exact) mass is 307 g/mol. The van der Waals surface area contributed by atoms with Crippen LogP contribution < -0.4 is 4.72 Å². The highest BCUT2D eigenvalue weighted by atomic mass is 32.2. The highest BCUT2D eigenvalue weighted by Crippen LogP contribution is 2.24. The maximum atomic E-state index is 11.9. The van der Waals surface area contributed by atoms with Crippen LogP contribution in [0.4, 0.5) is 0 Å². The summed E-state index contributed by atoms with van der Waals surface area (Å²) in [7, 11) is -2.49. The number of hydrogen-bond acceptors (Lipinski definition) is 5. The third kappa shape index (κ3) is 5.46. The van der Waals surface area contributed by atoms with Gasteiger partial charge in [0.1, 0.15) is 0 Å². The van der Waals surface area contributed by atoms with E-state index in [1.165, 1.54) is 7.11 Å². The molecule has 2 atom stereocenters. The molecule has 1 aliphatic rings. The molecule has 2 N–H and O–H groups in total. The molecule has 1 rings (SSSR count). The minimum Gasteiger partial charge on any atom is -0.481 e. The fraction of sp³-hybridized carbons (Fsp3) is 0.833. The Morgan fingerprint density at radius 1 is 1.25 bits per heavy atom. The first-order valence-corrected chi connectivity index (χ1v) is 8.30. The van der Waals surface area contributed by atoms with Crippen molar-refractivity contribution < 1.29 is 27.9 Å². The maximum Gasteiger partial charge on any atom is 0.308 e. The molecule has 0 amide bonds. The van der Waals surface area contributed by atoms with Crippen molar-refractivity contribution in [3.63, 3.8) is 0 Å². The summed E-state index contributed by atoms with van der Waals surface area (Å²) in [5.41, 5.74) is 0. The molecule has 0 aromatic rings. The van der Waals surface area contributed by atoms with Crippen LogP contribution in [0, 0.1) is 5.92 Å². The Balaban J connectivity index is 2.66. The Hall–Kier alpha value is -1.15. The molecule has 0 radical (unpaired) electrons. The van der Waals surface area contributed by atoms with Crippen LogP contribution in [0.15, 0.2) is 0 Å². The number of aliphatic carboxylic acids is 1. The van der Waals surface area contributed by atoms with Crippen LogP contribution >= 0.6 is 0 Å². The second-order valence-electron chi connectivity index (χ2n) is 4.95. The van der Waals surface area contributed by atoms with Gasteiger partial charge in [0.25, 0.3) is 0 Å². The number of methoxy groups -OCH3 is 1. The molecule has 0 aromatic heterocycles. The largest absolute Gasteiger partial charge is 0.481 e. The molecule has 8 heteroatoms. The minimum absolute atomic E-state index is 0.240. The second kappa shape index (κ2) is 7.58. The average molecular weight is 307 g/mol. The van der Waals surface area contributed by atoms with Crippen molar-refractivity contribution in [3.05, 3.63) is 0 Å². The van der Waals surface area contributed by atoms with Gasteiger partial charge in [0.2, 0.25) is 10.0 Å². The number of esters is 1. The molecule has 0 spiro atoms. The summed E-state index contributed by atoms with van der Waals surface area (Å²) in [5, 5.41) is 9.18. The van der Waals surface area contributed by atoms with Crippen molar-refractivity contribution in [1.29, 1.82) is 0 Å². The lowest BCUT2D eigenvalue weighted by molar-refractivity contribution is -0.143. The summed E-state index contributed by atoms with van der Waals surface area (Å²) in [6.07, 6.45) is 3.24. The van der Waals surface area contributed by atoms with Gasteiger partial charge in [-0.05, 0) is 12.8 Å². The summed E-state index contributed by atoms with van der Waals surface area (Å²) in [4.78, 5) is 22.2. The highest BCUT2D eigenvalue weighted by Gasteiger charge is 2.32. The van der Waals surface area contributed by atoms with E-state index in [4.69, 9.17) is 0 Å². The predicted molar refractivity (Wildman–Crippen MR) is 71.6 cm³/mol. The molecule has 1 aliphatic carbocycles. The van der Waals surface area contributed by atoms with E-state index in [0.29, 0.717) is 12.8 Å². The van der Waals surface area contributed by atoms with Crippen molar-refractivity contribution in [2.75, 3.05) is 12.9 Å². The normalized spacial score (nSPS) is 23.9. The quantitative estimate of drug-likeness (QED) is 0.546. The summed E-state index contributed by atoms with van der Waals surface area (Å²) in [6, 6.07) is -0.599. The van der Waals surface area contributed by atoms with E-state index in [9.17, 15) is 23.1 Å². The van der Waals surface area contributed by atoms with E-state index in [1.807, 2.05) is 0 Å². The van der Waals surface area contributed by atoms with Gasteiger partial charge in [-0.1, -0.05) is 19.3 Å². The number of carboxylic acid groups (broad SMARTS) is 1. The Kier molecular flexibility index (Phi) is 6.41. The van der Waals surface area contributed by atoms with E-state index in [-0.39, 0.29) is 12.2 Å². The number of nitrogens with one attached hydrogen (secondary N) is 1. The smallest absolute Gasteiger partial charge is 0.308 e. The zero-order valence-corrected chi connectivity index (χ0v) is 12.3. The number of hydrogen-bond donors (Lipinski definition) is 2. The lowest BCUT2D eigenvalue weighted by Gasteiger charge is -2.22. The summed E-state index contributed by atoms with van der Waals surface area (Å²) in [6.45, 7) is 0. The zero-order valence-electron chi connectivity index (χ0n) is 11.5. The van der Waals surface area contributed by atoms with E-state index < -0.39 is 33.9 Å². The molecule has 0 bridgehead atoms. The van der Waals surface area contributed by atoms with E-state index in [0.717, 1.165) is 19.3 Å². The Labute approximate surface area is 118 Å². The molecule has 2 unspecified atom stereocenters. The van der Waals surface area contributed by atoms with Gasteiger partial charge in [0, 0.05) is 6.04 Å². The topological polar surface area (TPSA) is 110 Å². The molecule has 7 nitrogen and oxygen atoms in total. The highest BCUT2D eigenvalue weighted by molar-refractivity contribution is 7.89. The van der Waals surface area contributed by atoms with Crippen molar-refractivity contribution in [1.82, 2.24) is 4.72 Å². The van der Waals surface area contributed by atoms with Crippen LogP contribution in [0.3, 0.4) is 0 Å². The maximum absolute atomic E-state index is 11.9. The molecule has 1 fully saturated rings. The first-order valence-electron chi connectivity index (χ1n) is 6.65. The van der Waals surface area contributed by atoms with Gasteiger partial charge in [-0.25, -0.2) is 13.1 Å². The van der Waals surface area contributed by atoms with Gasteiger partial charge < -0.3 is 9.84 Å². The molecule has 116 valence electrons. The third-order valence-electron chi connectivity index (χ3n) is 3.47. The molecular formula is C12H21NO6S. The standard InChI is InChI=1S/C12H21NO6S/c1-19-11(14)7-8-20(17,18)13-10-6-4-2-3-5-9(10)12(15)16/h9-10,13H,2-8H2,1H3,(H,15,16). The number of ether oxygens (including phenoxy) is 1. The van der Waals surface area contributed by atoms with Crippen LogP contribution in [0.1, 0.15) is 38.5 Å². The van der Waals surface area contributed by atoms with Gasteiger partial charge in [0.15, 0.2) is 0 Å². The summed E-state index contributed by atoms with van der Waals surface area (Å²) in [5.74, 6) is -2.67. The first-order chi connectivity index (χ1) is 9.35. The molecule has 1 saturated carbocycles. The van der Waals surface area contributed by atoms with Crippen molar-refractivity contribution in [2.24, 2.45) is 5.92 Å². The number of sulfonamides is 1. The molecule has 0 aromatic carbocycles. The minimum atomic E-state index is -3.68. The Bertz CT molecular complexity index is 447. The van der Waals surface area contributed by atoms with Crippen LogP contribution in [0.5, 0.6) is 0 Å². The van der Waals surface area contributed by atoms with E-state index in [1.54, 1.807) is 0 Å². The van der Waals surface area contributed by atoms with Gasteiger partial charge in [-0.15, -0.1) is 0 Å². The molecule has 0 heterocycles. The zero-order chi connectivity index (χ0) is 15.2. The van der Waals surface area contributed by atoms with Gasteiger partial charge >= 0.3 is 11.9 Å². The fourth-order valence-electron chi connectivity index (χ4n) is 2.35. The SMILES string of the molecule is COC(=O)CCS(=O)(=O)NC1CCCCCC1C(=O)O. The summed E-state index contributed by atoms with van der Waals surface area (Å²) >= 11 is 0. The average Bonchev–Trinajstić information content (AvgIpc) is 2.61. The lowest BCUT2D eigenvalue weighted by Crippen LogP contribution is -2.43. The van der Waals surface area contributed by atoms with Crippen LogP contribution in [-0.2, 0) is 24.3 Å². The fourth-order valence-corrected chi connectivity index (χ4v) is 3.65. The third-order valence-corrected chi connectivity index (χ3v) is 4.87. The van der Waals surface area contributed by atoms with Crippen LogP contribution in [0.2, 0.25) is 0 Å². The van der Waals surface area contributed by atoms with Gasteiger partial charge in [-0.2, -0.15) is 0 Å². The van der Waals surface area contributed by atoms with Crippen molar-refractivity contribution in [2.45, 2.75) is 44.6 Å². The van der Waals surface area contributed by atoms with Crippen LogP contribution in [-0.4, -0.2) is 44.4 Å². The first kappa shape index (κ1) is 16.9. The molecule has 0 saturated heterocycles. The second-order valence-corrected chi connectivity index (χ2v) is 6.83. The molecule has 0 aliphatic heterocycles. The number of carbonyl (C=O) groups excluding carboxylic acids is 1. The van der Waals surface area contributed by atoms with E-state index >= 15 is 0 Å². The Morgan fingerprint density at radius 3 is 2.50 bits per heavy atom.